The summed E-state index contributed by atoms with van der Waals surface area (Å²) in [5, 5.41) is 6.05. The van der Waals surface area contributed by atoms with E-state index in [9.17, 15) is 9.18 Å². The number of amides is 1. The zero-order chi connectivity index (χ0) is 16.2. The lowest BCUT2D eigenvalue weighted by molar-refractivity contribution is -0.127. The fourth-order valence-corrected chi connectivity index (χ4v) is 2.56. The summed E-state index contributed by atoms with van der Waals surface area (Å²) in [4.78, 5) is 16.4. The van der Waals surface area contributed by atoms with Gasteiger partial charge in [0.2, 0.25) is 5.91 Å². The molecule has 5 heteroatoms. The first-order chi connectivity index (χ1) is 11.1. The number of carbonyl (C=O) groups excluding carboxylic acids is 1. The van der Waals surface area contributed by atoms with Crippen LogP contribution in [0.4, 0.5) is 4.39 Å². The number of aromatic nitrogens is 1. The summed E-state index contributed by atoms with van der Waals surface area (Å²) in [6, 6.07) is 12.0. The lowest BCUT2D eigenvalue weighted by Gasteiger charge is -2.13. The van der Waals surface area contributed by atoms with Gasteiger partial charge in [0.25, 0.3) is 0 Å². The predicted molar refractivity (Wildman–Crippen MR) is 86.6 cm³/mol. The van der Waals surface area contributed by atoms with E-state index in [2.05, 4.69) is 10.1 Å². The Bertz CT molecular complexity index is 740. The molecule has 0 spiro atoms. The van der Waals surface area contributed by atoms with Crippen molar-refractivity contribution in [1.29, 1.82) is 0 Å². The summed E-state index contributed by atoms with van der Waals surface area (Å²) >= 11 is 0. The molecule has 1 aliphatic rings. The topological polar surface area (TPSA) is 45.6 Å². The third-order valence-electron chi connectivity index (χ3n) is 3.76. The summed E-state index contributed by atoms with van der Waals surface area (Å²) in [5.41, 5.74) is 3.28. The summed E-state index contributed by atoms with van der Waals surface area (Å²) < 4.78 is 13.1. The molecule has 0 aliphatic carbocycles. The van der Waals surface area contributed by atoms with Gasteiger partial charge in [0.15, 0.2) is 0 Å². The van der Waals surface area contributed by atoms with Crippen molar-refractivity contribution in [3.63, 3.8) is 0 Å². The number of carbonyl (C=O) groups is 1. The lowest BCUT2D eigenvalue weighted by atomic mass is 10.1. The zero-order valence-corrected chi connectivity index (χ0v) is 13.0. The van der Waals surface area contributed by atoms with E-state index >= 15 is 0 Å². The number of hydrogen-bond donors (Lipinski definition) is 0. The van der Waals surface area contributed by atoms with Crippen molar-refractivity contribution in [2.24, 2.45) is 5.10 Å². The van der Waals surface area contributed by atoms with Crippen LogP contribution in [0.3, 0.4) is 0 Å². The molecule has 4 nitrogen and oxygen atoms in total. The van der Waals surface area contributed by atoms with Gasteiger partial charge in [0, 0.05) is 25.1 Å². The predicted octanol–water partition coefficient (Wildman–Crippen LogP) is 3.10. The second kappa shape index (κ2) is 6.69. The number of halogens is 1. The van der Waals surface area contributed by atoms with E-state index in [4.69, 9.17) is 0 Å². The van der Waals surface area contributed by atoms with Gasteiger partial charge in [0.05, 0.1) is 11.4 Å². The molecule has 23 heavy (non-hydrogen) atoms. The Morgan fingerprint density at radius 3 is 2.70 bits per heavy atom. The van der Waals surface area contributed by atoms with Gasteiger partial charge >= 0.3 is 0 Å². The van der Waals surface area contributed by atoms with Crippen LogP contribution in [0, 0.1) is 12.7 Å². The Morgan fingerprint density at radius 1 is 1.26 bits per heavy atom. The van der Waals surface area contributed by atoms with Gasteiger partial charge in [-0.15, -0.1) is 0 Å². The minimum Gasteiger partial charge on any atom is -0.273 e. The second-order valence-electron chi connectivity index (χ2n) is 5.63. The number of rotatable bonds is 4. The quantitative estimate of drug-likeness (QED) is 0.815. The molecule has 1 aromatic heterocycles. The highest BCUT2D eigenvalue weighted by molar-refractivity contribution is 6.01. The minimum atomic E-state index is -0.268. The number of benzene rings is 1. The molecule has 1 aromatic carbocycles. The summed E-state index contributed by atoms with van der Waals surface area (Å²) in [6.07, 6.45) is 1.86. The maximum Gasteiger partial charge on any atom is 0.242 e. The van der Waals surface area contributed by atoms with E-state index < -0.39 is 0 Å². The van der Waals surface area contributed by atoms with Crippen molar-refractivity contribution in [3.05, 3.63) is 65.2 Å². The highest BCUT2D eigenvalue weighted by atomic mass is 19.1. The normalized spacial score (nSPS) is 15.3. The third-order valence-corrected chi connectivity index (χ3v) is 3.76. The Kier molecular flexibility index (Phi) is 4.46. The van der Waals surface area contributed by atoms with Gasteiger partial charge in [-0.3, -0.25) is 9.78 Å². The first-order valence-corrected chi connectivity index (χ1v) is 7.68. The molecule has 118 valence electrons. The highest BCUT2D eigenvalue weighted by Crippen LogP contribution is 2.14. The summed E-state index contributed by atoms with van der Waals surface area (Å²) in [6.45, 7) is 2.55. The van der Waals surface area contributed by atoms with Crippen LogP contribution in [0.25, 0.3) is 0 Å². The van der Waals surface area contributed by atoms with Crippen molar-refractivity contribution < 1.29 is 9.18 Å². The summed E-state index contributed by atoms with van der Waals surface area (Å²) in [5.74, 6) is -0.232. The van der Waals surface area contributed by atoms with E-state index in [-0.39, 0.29) is 11.7 Å². The van der Waals surface area contributed by atoms with Crippen molar-refractivity contribution >= 4 is 11.6 Å². The van der Waals surface area contributed by atoms with Gasteiger partial charge in [-0.1, -0.05) is 18.2 Å². The number of pyridine rings is 1. The standard InChI is InChI=1S/C18H18FN3O/c1-13-4-2-5-16(20-13)17(21-22-11-3-6-18(22)23)12-14-7-9-15(19)10-8-14/h2,4-5,7-10H,3,6,11-12H2,1H3/b21-17+. The monoisotopic (exact) mass is 311 g/mol. The average Bonchev–Trinajstić information content (AvgIpc) is 2.94. The van der Waals surface area contributed by atoms with Gasteiger partial charge in [0.1, 0.15) is 5.82 Å². The van der Waals surface area contributed by atoms with Crippen LogP contribution in [-0.4, -0.2) is 28.2 Å². The van der Waals surface area contributed by atoms with E-state index in [1.54, 1.807) is 12.1 Å². The van der Waals surface area contributed by atoms with E-state index in [0.717, 1.165) is 29.1 Å². The van der Waals surface area contributed by atoms with Gasteiger partial charge in [-0.2, -0.15) is 5.10 Å². The fourth-order valence-electron chi connectivity index (χ4n) is 2.56. The highest BCUT2D eigenvalue weighted by Gasteiger charge is 2.21. The Hall–Kier alpha value is -2.56. The second-order valence-corrected chi connectivity index (χ2v) is 5.63. The molecule has 1 amide bonds. The fraction of sp³-hybridized carbons (Fsp3) is 0.278. The van der Waals surface area contributed by atoms with Gasteiger partial charge in [-0.05, 0) is 43.2 Å². The molecule has 0 unspecified atom stereocenters. The van der Waals surface area contributed by atoms with E-state index in [0.29, 0.717) is 19.4 Å². The van der Waals surface area contributed by atoms with Gasteiger partial charge in [-0.25, -0.2) is 9.40 Å². The van der Waals surface area contributed by atoms with Crippen LogP contribution in [0.1, 0.15) is 29.8 Å². The smallest absolute Gasteiger partial charge is 0.242 e. The minimum absolute atomic E-state index is 0.0364. The first-order valence-electron chi connectivity index (χ1n) is 7.68. The maximum atomic E-state index is 13.1. The van der Waals surface area contributed by atoms with Crippen molar-refractivity contribution in [2.45, 2.75) is 26.2 Å². The van der Waals surface area contributed by atoms with Crippen LogP contribution in [-0.2, 0) is 11.2 Å². The van der Waals surface area contributed by atoms with Crippen LogP contribution < -0.4 is 0 Å². The Morgan fingerprint density at radius 2 is 2.04 bits per heavy atom. The van der Waals surface area contributed by atoms with Crippen molar-refractivity contribution in [2.75, 3.05) is 6.54 Å². The SMILES string of the molecule is Cc1cccc(/C(Cc2ccc(F)cc2)=N/N2CCCC2=O)n1. The molecule has 0 saturated carbocycles. The number of aryl methyl sites for hydroxylation is 1. The van der Waals surface area contributed by atoms with Crippen LogP contribution in [0.15, 0.2) is 47.6 Å². The molecule has 0 N–H and O–H groups in total. The average molecular weight is 311 g/mol. The molecule has 1 saturated heterocycles. The molecule has 2 heterocycles. The van der Waals surface area contributed by atoms with Crippen LogP contribution >= 0.6 is 0 Å². The first kappa shape index (κ1) is 15.3. The Balaban J connectivity index is 1.94. The van der Waals surface area contributed by atoms with Gasteiger partial charge < -0.3 is 0 Å². The lowest BCUT2D eigenvalue weighted by Crippen LogP contribution is -2.22. The summed E-state index contributed by atoms with van der Waals surface area (Å²) in [7, 11) is 0. The molecule has 3 rings (SSSR count). The number of hydrogen-bond acceptors (Lipinski definition) is 3. The van der Waals surface area contributed by atoms with Crippen molar-refractivity contribution in [1.82, 2.24) is 9.99 Å². The largest absolute Gasteiger partial charge is 0.273 e. The molecular formula is C18H18FN3O. The molecule has 1 aliphatic heterocycles. The molecular weight excluding hydrogens is 293 g/mol. The molecule has 0 atom stereocenters. The Labute approximate surface area is 134 Å². The number of hydrazone groups is 1. The molecule has 0 bridgehead atoms. The van der Waals surface area contributed by atoms with E-state index in [1.807, 2.05) is 25.1 Å². The molecule has 0 radical (unpaired) electrons. The molecule has 1 fully saturated rings. The number of nitrogens with zero attached hydrogens (tertiary/aromatic N) is 3. The maximum absolute atomic E-state index is 13.1. The van der Waals surface area contributed by atoms with E-state index in [1.165, 1.54) is 17.1 Å². The van der Waals surface area contributed by atoms with Crippen molar-refractivity contribution in [3.8, 4) is 0 Å². The van der Waals surface area contributed by atoms with Crippen LogP contribution in [0.2, 0.25) is 0 Å². The van der Waals surface area contributed by atoms with Crippen LogP contribution in [0.5, 0.6) is 0 Å². The third kappa shape index (κ3) is 3.80. The zero-order valence-electron chi connectivity index (χ0n) is 13.0. The molecule has 2 aromatic rings.